The molecule has 0 fully saturated rings. The third kappa shape index (κ3) is 3.89. The molecule has 0 saturated heterocycles. The summed E-state index contributed by atoms with van der Waals surface area (Å²) in [4.78, 5) is 4.75. The first kappa shape index (κ1) is 18.4. The summed E-state index contributed by atoms with van der Waals surface area (Å²) in [6.45, 7) is 2.16. The fourth-order valence-electron chi connectivity index (χ4n) is 3.22. The fraction of sp³-hybridized carbons (Fsp3) is 0.333. The quantitative estimate of drug-likeness (QED) is 0.460. The lowest BCUT2D eigenvalue weighted by molar-refractivity contribution is 0.590. The Bertz CT molecular complexity index is 985. The Balaban J connectivity index is 1.88. The first-order valence-electron chi connectivity index (χ1n) is 9.10. The molecule has 0 saturated carbocycles. The molecule has 4 nitrogen and oxygen atoms in total. The maximum atomic E-state index is 12.5. The predicted octanol–water partition coefficient (Wildman–Crippen LogP) is 4.41. The van der Waals surface area contributed by atoms with Gasteiger partial charge in [-0.1, -0.05) is 38.0 Å². The molecule has 0 aliphatic carbocycles. The van der Waals surface area contributed by atoms with Crippen molar-refractivity contribution in [3.05, 3.63) is 59.4 Å². The van der Waals surface area contributed by atoms with E-state index in [1.807, 2.05) is 49.5 Å². The van der Waals surface area contributed by atoms with E-state index in [0.29, 0.717) is 12.0 Å². The molecule has 1 atom stereocenters. The highest BCUT2D eigenvalue weighted by atomic mass is 31.1. The summed E-state index contributed by atoms with van der Waals surface area (Å²) in [6.07, 6.45) is 4.67. The van der Waals surface area contributed by atoms with E-state index in [4.69, 9.17) is 4.98 Å². The van der Waals surface area contributed by atoms with Crippen LogP contribution in [-0.4, -0.2) is 15.7 Å². The van der Waals surface area contributed by atoms with Gasteiger partial charge in [-0.25, -0.2) is 4.98 Å². The van der Waals surface area contributed by atoms with E-state index in [1.54, 1.807) is 0 Å². The zero-order valence-corrected chi connectivity index (χ0v) is 16.3. The lowest BCUT2D eigenvalue weighted by Gasteiger charge is -2.05. The number of rotatable bonds is 7. The van der Waals surface area contributed by atoms with Gasteiger partial charge in [0.1, 0.15) is 13.6 Å². The van der Waals surface area contributed by atoms with Gasteiger partial charge in [-0.2, -0.15) is 5.26 Å². The van der Waals surface area contributed by atoms with Crippen LogP contribution in [0.25, 0.3) is 11.0 Å². The molecule has 2 aromatic carbocycles. The Kier molecular flexibility index (Phi) is 5.91. The first-order valence-corrected chi connectivity index (χ1v) is 10.7. The van der Waals surface area contributed by atoms with Gasteiger partial charge in [0.15, 0.2) is 0 Å². The number of imidazole rings is 1. The minimum atomic E-state index is -1.74. The highest BCUT2D eigenvalue weighted by Gasteiger charge is 2.12. The number of unbranched alkanes of at least 4 members (excludes halogenated alkanes) is 2. The summed E-state index contributed by atoms with van der Waals surface area (Å²) in [5.41, 5.74) is 3.56. The second-order valence-electron chi connectivity index (χ2n) is 6.62. The highest BCUT2D eigenvalue weighted by molar-refractivity contribution is 7.53. The molecule has 0 aliphatic rings. The van der Waals surface area contributed by atoms with Crippen LogP contribution in [0.4, 0.5) is 0 Å². The normalized spacial score (nSPS) is 12.2. The third-order valence-electron chi connectivity index (χ3n) is 4.79. The van der Waals surface area contributed by atoms with Crippen LogP contribution in [0.5, 0.6) is 0 Å². The Morgan fingerprint density at radius 3 is 2.77 bits per heavy atom. The van der Waals surface area contributed by atoms with Crippen molar-refractivity contribution in [1.29, 1.82) is 5.26 Å². The van der Waals surface area contributed by atoms with Crippen LogP contribution in [0.1, 0.15) is 43.1 Å². The molecular weight excluding hydrogens is 341 g/mol. The summed E-state index contributed by atoms with van der Waals surface area (Å²) in [5.74, 6) is 0.908. The largest absolute Gasteiger partial charge is 0.331 e. The number of hydrogen-bond donors (Lipinski definition) is 0. The lowest BCUT2D eigenvalue weighted by atomic mass is 10.1. The summed E-state index contributed by atoms with van der Waals surface area (Å²) in [6, 6.07) is 15.8. The number of aryl methyl sites for hydroxylation is 1. The van der Waals surface area contributed by atoms with Gasteiger partial charge < -0.3 is 9.13 Å². The van der Waals surface area contributed by atoms with Crippen LogP contribution in [-0.2, 0) is 18.0 Å². The topological polar surface area (TPSA) is 58.7 Å². The molecular formula is C21H24N3OP. The van der Waals surface area contributed by atoms with Gasteiger partial charge in [0.2, 0.25) is 0 Å². The van der Waals surface area contributed by atoms with Crippen LogP contribution in [0.2, 0.25) is 0 Å². The van der Waals surface area contributed by atoms with Crippen molar-refractivity contribution in [2.75, 3.05) is 6.16 Å². The van der Waals surface area contributed by atoms with Gasteiger partial charge in [0, 0.05) is 24.9 Å². The van der Waals surface area contributed by atoms with Crippen molar-refractivity contribution in [2.24, 2.45) is 7.05 Å². The molecule has 0 radical (unpaired) electrons. The monoisotopic (exact) mass is 365 g/mol. The van der Waals surface area contributed by atoms with Crippen LogP contribution < -0.4 is 5.30 Å². The number of fused-ring (bicyclic) bond motifs is 1. The van der Waals surface area contributed by atoms with E-state index < -0.39 is 7.80 Å². The molecule has 26 heavy (non-hydrogen) atoms. The number of hydrogen-bond acceptors (Lipinski definition) is 3. The van der Waals surface area contributed by atoms with Gasteiger partial charge in [0.25, 0.3) is 0 Å². The second kappa shape index (κ2) is 8.34. The maximum Gasteiger partial charge on any atom is 0.114 e. The van der Waals surface area contributed by atoms with Crippen molar-refractivity contribution in [3.63, 3.8) is 0 Å². The number of nitrogens with zero attached hydrogens (tertiary/aromatic N) is 3. The Labute approximate surface area is 155 Å². The molecule has 3 rings (SSSR count). The van der Waals surface area contributed by atoms with Crippen molar-refractivity contribution in [2.45, 2.75) is 32.6 Å². The van der Waals surface area contributed by atoms with E-state index in [1.165, 1.54) is 0 Å². The molecule has 0 aliphatic heterocycles. The smallest absolute Gasteiger partial charge is 0.114 e. The van der Waals surface area contributed by atoms with Gasteiger partial charge in [-0.3, -0.25) is 0 Å². The maximum absolute atomic E-state index is 12.5. The predicted molar refractivity (Wildman–Crippen MR) is 108 cm³/mol. The number of aromatic nitrogens is 2. The standard InChI is InChI=1S/C21H24N3OP/c1-3-4-7-12-26(25)18-10-11-20-19(14-18)23-21(24(20)2)13-16-8-5-6-9-17(16)15-22/h5-6,8-11,14,26H,3-4,7,12-13H2,1-2H3. The highest BCUT2D eigenvalue weighted by Crippen LogP contribution is 2.25. The van der Waals surface area contributed by atoms with E-state index in [0.717, 1.165) is 53.2 Å². The lowest BCUT2D eigenvalue weighted by Crippen LogP contribution is -2.01. The van der Waals surface area contributed by atoms with Crippen molar-refractivity contribution >= 4 is 24.1 Å². The Morgan fingerprint density at radius 2 is 2.00 bits per heavy atom. The SMILES string of the molecule is CCCCC[PH](=O)c1ccc2c(c1)nc(Cc1ccccc1C#N)n2C. The van der Waals surface area contributed by atoms with Gasteiger partial charge in [-0.05, 0) is 36.2 Å². The molecule has 0 amide bonds. The number of nitriles is 1. The van der Waals surface area contributed by atoms with Crippen LogP contribution in [0.3, 0.4) is 0 Å². The van der Waals surface area contributed by atoms with Crippen molar-refractivity contribution in [3.8, 4) is 6.07 Å². The second-order valence-corrected chi connectivity index (χ2v) is 8.54. The Morgan fingerprint density at radius 1 is 1.19 bits per heavy atom. The van der Waals surface area contributed by atoms with Crippen molar-refractivity contribution in [1.82, 2.24) is 9.55 Å². The zero-order valence-electron chi connectivity index (χ0n) is 15.3. The van der Waals surface area contributed by atoms with E-state index in [-0.39, 0.29) is 0 Å². The average Bonchev–Trinajstić information content (AvgIpc) is 2.97. The third-order valence-corrected chi connectivity index (χ3v) is 6.55. The average molecular weight is 365 g/mol. The van der Waals surface area contributed by atoms with Crippen LogP contribution >= 0.6 is 7.80 Å². The van der Waals surface area contributed by atoms with Crippen molar-refractivity contribution < 1.29 is 4.57 Å². The molecule has 0 spiro atoms. The minimum Gasteiger partial charge on any atom is -0.331 e. The summed E-state index contributed by atoms with van der Waals surface area (Å²) >= 11 is 0. The molecule has 0 N–H and O–H groups in total. The number of benzene rings is 2. The molecule has 1 aromatic heterocycles. The molecule has 3 aromatic rings. The van der Waals surface area contributed by atoms with E-state index in [2.05, 4.69) is 17.6 Å². The summed E-state index contributed by atoms with van der Waals surface area (Å²) in [7, 11) is 0.245. The van der Waals surface area contributed by atoms with Crippen LogP contribution in [0.15, 0.2) is 42.5 Å². The fourth-order valence-corrected chi connectivity index (χ4v) is 4.64. The molecule has 5 heteroatoms. The Hall–Kier alpha value is -2.37. The summed E-state index contributed by atoms with van der Waals surface area (Å²) < 4.78 is 14.6. The molecule has 134 valence electrons. The van der Waals surface area contributed by atoms with E-state index in [9.17, 15) is 9.83 Å². The molecule has 1 unspecified atom stereocenters. The van der Waals surface area contributed by atoms with Gasteiger partial charge in [-0.15, -0.1) is 0 Å². The van der Waals surface area contributed by atoms with E-state index >= 15 is 0 Å². The van der Waals surface area contributed by atoms with Gasteiger partial charge in [0.05, 0.1) is 22.7 Å². The van der Waals surface area contributed by atoms with Gasteiger partial charge >= 0.3 is 0 Å². The molecule has 0 bridgehead atoms. The zero-order chi connectivity index (χ0) is 18.5. The first-order chi connectivity index (χ1) is 12.6. The minimum absolute atomic E-state index is 0.607. The summed E-state index contributed by atoms with van der Waals surface area (Å²) in [5, 5.41) is 10.2. The van der Waals surface area contributed by atoms with Crippen LogP contribution in [0, 0.1) is 11.3 Å². The molecule has 1 heterocycles.